The standard InChI is InChI=1S/C35H46N2O2/c1-4-32(26(2)3)35(38)25-39-31-15-11-14-30(24-31)34-17-8-6-5-7-16-33(37-34)29-13-10-9-12-27(18-19-29)28-20-22-36-23-21-28/h7,11,14-16,20-24,26-27,32H,4-6,8-10,12-13,17-19,25H2,1-3H3/b16-7-,33-29-,37-34?. The molecule has 2 atom stereocenters. The Bertz CT molecular complexity index is 1160. The molecule has 4 nitrogen and oxygen atoms in total. The van der Waals surface area contributed by atoms with Crippen molar-refractivity contribution in [2.45, 2.75) is 97.3 Å². The first kappa shape index (κ1) is 29.0. The summed E-state index contributed by atoms with van der Waals surface area (Å²) in [5, 5.41) is 0. The summed E-state index contributed by atoms with van der Waals surface area (Å²) in [4.78, 5) is 22.3. The average Bonchev–Trinajstić information content (AvgIpc) is 3.05. The first-order valence-corrected chi connectivity index (χ1v) is 15.2. The maximum atomic E-state index is 12.7. The highest BCUT2D eigenvalue weighted by Crippen LogP contribution is 2.34. The molecule has 0 saturated heterocycles. The number of carbonyl (C=O) groups is 1. The smallest absolute Gasteiger partial charge is 0.173 e. The van der Waals surface area contributed by atoms with Gasteiger partial charge in [-0.2, -0.15) is 0 Å². The Morgan fingerprint density at radius 1 is 1.00 bits per heavy atom. The molecule has 0 spiro atoms. The molecule has 2 aromatic rings. The van der Waals surface area contributed by atoms with E-state index in [0.717, 1.165) is 67.7 Å². The molecule has 0 N–H and O–H groups in total. The predicted octanol–water partition coefficient (Wildman–Crippen LogP) is 9.02. The highest BCUT2D eigenvalue weighted by Gasteiger charge is 2.21. The van der Waals surface area contributed by atoms with Gasteiger partial charge in [0.25, 0.3) is 0 Å². The van der Waals surface area contributed by atoms with Crippen LogP contribution >= 0.6 is 0 Å². The molecule has 4 heteroatoms. The number of pyridine rings is 1. The fraction of sp³-hybridized carbons (Fsp3) is 0.514. The van der Waals surface area contributed by atoms with Crippen LogP contribution in [0.15, 0.2) is 77.2 Å². The van der Waals surface area contributed by atoms with Crippen molar-refractivity contribution in [1.29, 1.82) is 0 Å². The number of benzene rings is 1. The van der Waals surface area contributed by atoms with Crippen molar-refractivity contribution in [3.63, 3.8) is 0 Å². The first-order valence-electron chi connectivity index (χ1n) is 15.2. The van der Waals surface area contributed by atoms with E-state index < -0.39 is 0 Å². The van der Waals surface area contributed by atoms with Gasteiger partial charge in [-0.1, -0.05) is 45.4 Å². The van der Waals surface area contributed by atoms with Gasteiger partial charge in [-0.25, -0.2) is 0 Å². The normalized spacial score (nSPS) is 22.5. The monoisotopic (exact) mass is 526 g/mol. The largest absolute Gasteiger partial charge is 0.486 e. The van der Waals surface area contributed by atoms with Crippen molar-refractivity contribution in [3.05, 3.63) is 83.3 Å². The number of hydrogen-bond acceptors (Lipinski definition) is 4. The Labute approximate surface area is 235 Å². The van der Waals surface area contributed by atoms with Gasteiger partial charge >= 0.3 is 0 Å². The lowest BCUT2D eigenvalue weighted by Crippen LogP contribution is -2.25. The lowest BCUT2D eigenvalue weighted by Gasteiger charge is -2.22. The molecule has 208 valence electrons. The third-order valence-electron chi connectivity index (χ3n) is 8.39. The van der Waals surface area contributed by atoms with E-state index in [0.29, 0.717) is 11.8 Å². The van der Waals surface area contributed by atoms with E-state index in [-0.39, 0.29) is 18.3 Å². The summed E-state index contributed by atoms with van der Waals surface area (Å²) >= 11 is 0. The minimum absolute atomic E-state index is 0.0508. The third-order valence-corrected chi connectivity index (χ3v) is 8.39. The third kappa shape index (κ3) is 8.49. The van der Waals surface area contributed by atoms with Gasteiger partial charge in [-0.05, 0) is 123 Å². The van der Waals surface area contributed by atoms with Gasteiger partial charge in [-0.3, -0.25) is 14.8 Å². The van der Waals surface area contributed by atoms with Gasteiger partial charge in [-0.15, -0.1) is 0 Å². The summed E-state index contributed by atoms with van der Waals surface area (Å²) in [6, 6.07) is 12.6. The molecule has 4 rings (SSSR count). The molecule has 2 unspecified atom stereocenters. The Morgan fingerprint density at radius 2 is 1.82 bits per heavy atom. The van der Waals surface area contributed by atoms with Gasteiger partial charge in [0.1, 0.15) is 12.4 Å². The minimum Gasteiger partial charge on any atom is -0.486 e. The van der Waals surface area contributed by atoms with E-state index in [9.17, 15) is 4.79 Å². The fourth-order valence-corrected chi connectivity index (χ4v) is 6.06. The highest BCUT2D eigenvalue weighted by molar-refractivity contribution is 6.01. The van der Waals surface area contributed by atoms with Crippen LogP contribution in [0.4, 0.5) is 0 Å². The summed E-state index contributed by atoms with van der Waals surface area (Å²) in [5.74, 6) is 1.91. The summed E-state index contributed by atoms with van der Waals surface area (Å²) in [7, 11) is 0. The maximum Gasteiger partial charge on any atom is 0.173 e. The van der Waals surface area contributed by atoms with Crippen LogP contribution in [-0.4, -0.2) is 23.1 Å². The molecule has 1 aromatic heterocycles. The summed E-state index contributed by atoms with van der Waals surface area (Å²) in [6.45, 7) is 6.42. The SMILES string of the molecule is CCC(C(=O)COc1cccc(C2=NC(=C3/CCCCC(c4ccncc4)CC3)/C=C\CCCC2)c1)C(C)C. The maximum absolute atomic E-state index is 12.7. The molecule has 1 aliphatic carbocycles. The molecule has 0 radical (unpaired) electrons. The van der Waals surface area contributed by atoms with Crippen molar-refractivity contribution >= 4 is 11.5 Å². The Balaban J connectivity index is 1.56. The van der Waals surface area contributed by atoms with E-state index in [2.05, 4.69) is 62.2 Å². The van der Waals surface area contributed by atoms with Gasteiger partial charge in [0.2, 0.25) is 0 Å². The molecule has 1 aromatic carbocycles. The van der Waals surface area contributed by atoms with Crippen molar-refractivity contribution in [1.82, 2.24) is 4.98 Å². The zero-order valence-corrected chi connectivity index (χ0v) is 24.2. The van der Waals surface area contributed by atoms with Crippen LogP contribution < -0.4 is 4.74 Å². The van der Waals surface area contributed by atoms with Crippen molar-refractivity contribution in [3.8, 4) is 5.75 Å². The predicted molar refractivity (Wildman–Crippen MR) is 161 cm³/mol. The van der Waals surface area contributed by atoms with Crippen molar-refractivity contribution < 1.29 is 9.53 Å². The highest BCUT2D eigenvalue weighted by atomic mass is 16.5. The van der Waals surface area contributed by atoms with Gasteiger partial charge in [0, 0.05) is 24.0 Å². The zero-order chi connectivity index (χ0) is 27.5. The molecule has 1 fully saturated rings. The number of aromatic nitrogens is 1. The lowest BCUT2D eigenvalue weighted by atomic mass is 9.84. The Hall–Kier alpha value is -3.01. The van der Waals surface area contributed by atoms with Gasteiger partial charge in [0.15, 0.2) is 5.78 Å². The van der Waals surface area contributed by atoms with E-state index in [4.69, 9.17) is 9.73 Å². The van der Waals surface area contributed by atoms with Crippen LogP contribution in [0.2, 0.25) is 0 Å². The van der Waals surface area contributed by atoms with Crippen LogP contribution in [0, 0.1) is 11.8 Å². The summed E-state index contributed by atoms with van der Waals surface area (Å²) < 4.78 is 6.01. The molecule has 1 saturated carbocycles. The second-order valence-electron chi connectivity index (χ2n) is 11.5. The van der Waals surface area contributed by atoms with Crippen LogP contribution in [0.5, 0.6) is 5.75 Å². The quantitative estimate of drug-likeness (QED) is 0.345. The van der Waals surface area contributed by atoms with E-state index in [1.165, 1.54) is 36.8 Å². The fourth-order valence-electron chi connectivity index (χ4n) is 6.06. The molecule has 1 aliphatic heterocycles. The van der Waals surface area contributed by atoms with Gasteiger partial charge in [0.05, 0.1) is 5.70 Å². The van der Waals surface area contributed by atoms with Crippen LogP contribution in [-0.2, 0) is 4.79 Å². The van der Waals surface area contributed by atoms with E-state index in [1.807, 2.05) is 24.5 Å². The molecule has 0 bridgehead atoms. The average molecular weight is 527 g/mol. The van der Waals surface area contributed by atoms with E-state index >= 15 is 0 Å². The Kier molecular flexibility index (Phi) is 11.1. The van der Waals surface area contributed by atoms with Crippen LogP contribution in [0.1, 0.15) is 108 Å². The molecule has 39 heavy (non-hydrogen) atoms. The second-order valence-corrected chi connectivity index (χ2v) is 11.5. The summed E-state index contributed by atoms with van der Waals surface area (Å²) in [5.41, 5.74) is 6.29. The number of rotatable bonds is 8. The van der Waals surface area contributed by atoms with Gasteiger partial charge < -0.3 is 4.74 Å². The molecular weight excluding hydrogens is 480 g/mol. The van der Waals surface area contributed by atoms with Crippen LogP contribution in [0.3, 0.4) is 0 Å². The second kappa shape index (κ2) is 15.0. The topological polar surface area (TPSA) is 51.5 Å². The van der Waals surface area contributed by atoms with Crippen molar-refractivity contribution in [2.24, 2.45) is 16.8 Å². The number of hydrogen-bond donors (Lipinski definition) is 0. The lowest BCUT2D eigenvalue weighted by molar-refractivity contribution is -0.126. The number of ketones is 1. The zero-order valence-electron chi connectivity index (χ0n) is 24.2. The Morgan fingerprint density at radius 3 is 2.62 bits per heavy atom. The molecular formula is C35H46N2O2. The number of Topliss-reactive ketones (excluding diaryl/α,β-unsaturated/α-hetero) is 1. The number of nitrogens with zero attached hydrogens (tertiary/aromatic N) is 2. The molecule has 0 amide bonds. The van der Waals surface area contributed by atoms with E-state index in [1.54, 1.807) is 0 Å². The van der Waals surface area contributed by atoms with Crippen molar-refractivity contribution in [2.75, 3.05) is 6.61 Å². The first-order chi connectivity index (χ1) is 19.0. The minimum atomic E-state index is 0.0508. The molecule has 2 aliphatic rings. The van der Waals surface area contributed by atoms with Crippen LogP contribution in [0.25, 0.3) is 0 Å². The number of carbonyl (C=O) groups excluding carboxylic acids is 1. The number of aliphatic imine (C=N–C) groups is 1. The number of ether oxygens (including phenoxy) is 1. The molecule has 2 heterocycles. The summed E-state index contributed by atoms with van der Waals surface area (Å²) in [6.07, 6.45) is 20.7. The number of allylic oxidation sites excluding steroid dienone is 3.